The lowest BCUT2D eigenvalue weighted by Crippen LogP contribution is -2.27. The van der Waals surface area contributed by atoms with Crippen molar-refractivity contribution in [2.24, 2.45) is 5.41 Å². The highest BCUT2D eigenvalue weighted by molar-refractivity contribution is 4.94. The average molecular weight is 200 g/mol. The molecule has 0 saturated heterocycles. The van der Waals surface area contributed by atoms with Gasteiger partial charge in [0.05, 0.1) is 0 Å². The average Bonchev–Trinajstić information content (AvgIpc) is 2.96. The largest absolute Gasteiger partial charge is 0.385 e. The second-order valence-electron chi connectivity index (χ2n) is 4.38. The van der Waals surface area contributed by atoms with Crippen LogP contribution in [0.2, 0.25) is 0 Å². The number of nitrogens with one attached hydrogen (secondary N) is 2. The fraction of sp³-hybridized carbons (Fsp3) is 1.00. The first-order valence-electron chi connectivity index (χ1n) is 5.67. The van der Waals surface area contributed by atoms with E-state index < -0.39 is 0 Å². The van der Waals surface area contributed by atoms with Gasteiger partial charge in [-0.1, -0.05) is 0 Å². The molecule has 0 aliphatic heterocycles. The van der Waals surface area contributed by atoms with Gasteiger partial charge in [-0.25, -0.2) is 0 Å². The van der Waals surface area contributed by atoms with Crippen molar-refractivity contribution in [1.82, 2.24) is 10.6 Å². The van der Waals surface area contributed by atoms with Crippen LogP contribution in [0.5, 0.6) is 0 Å². The minimum atomic E-state index is 0.593. The zero-order valence-corrected chi connectivity index (χ0v) is 9.57. The van der Waals surface area contributed by atoms with Crippen LogP contribution in [0.1, 0.15) is 25.7 Å². The van der Waals surface area contributed by atoms with Gasteiger partial charge in [-0.2, -0.15) is 0 Å². The minimum absolute atomic E-state index is 0.593. The fourth-order valence-corrected chi connectivity index (χ4v) is 1.75. The molecule has 0 heterocycles. The summed E-state index contributed by atoms with van der Waals surface area (Å²) < 4.78 is 5.12. The number of hydrogen-bond donors (Lipinski definition) is 2. The standard InChI is InChI=1S/C11H24N2O/c1-12-7-3-8-13-10-11(4-5-11)6-9-14-2/h12-13H,3-10H2,1-2H3. The first-order valence-corrected chi connectivity index (χ1v) is 5.67. The molecule has 14 heavy (non-hydrogen) atoms. The molecule has 1 rings (SSSR count). The minimum Gasteiger partial charge on any atom is -0.385 e. The summed E-state index contributed by atoms with van der Waals surface area (Å²) in [6, 6.07) is 0. The molecule has 0 aromatic rings. The van der Waals surface area contributed by atoms with Crippen LogP contribution in [0.25, 0.3) is 0 Å². The Morgan fingerprint density at radius 1 is 1.29 bits per heavy atom. The van der Waals surface area contributed by atoms with Gasteiger partial charge in [0.15, 0.2) is 0 Å². The predicted molar refractivity (Wildman–Crippen MR) is 59.6 cm³/mol. The molecule has 1 aliphatic carbocycles. The Balaban J connectivity index is 1.94. The third-order valence-electron chi connectivity index (χ3n) is 3.07. The van der Waals surface area contributed by atoms with Crippen LogP contribution in [0, 0.1) is 5.41 Å². The van der Waals surface area contributed by atoms with Crippen LogP contribution in [-0.2, 0) is 4.74 Å². The van der Waals surface area contributed by atoms with E-state index >= 15 is 0 Å². The summed E-state index contributed by atoms with van der Waals surface area (Å²) in [7, 11) is 3.79. The maximum absolute atomic E-state index is 5.12. The molecular weight excluding hydrogens is 176 g/mol. The van der Waals surface area contributed by atoms with Gasteiger partial charge in [0.25, 0.3) is 0 Å². The third kappa shape index (κ3) is 4.40. The second-order valence-corrected chi connectivity index (χ2v) is 4.38. The van der Waals surface area contributed by atoms with Crippen LogP contribution in [0.4, 0.5) is 0 Å². The highest BCUT2D eigenvalue weighted by Crippen LogP contribution is 2.48. The monoisotopic (exact) mass is 200 g/mol. The summed E-state index contributed by atoms with van der Waals surface area (Å²) >= 11 is 0. The normalized spacial score (nSPS) is 18.4. The van der Waals surface area contributed by atoms with Crippen molar-refractivity contribution in [3.63, 3.8) is 0 Å². The molecule has 1 saturated carbocycles. The highest BCUT2D eigenvalue weighted by atomic mass is 16.5. The van der Waals surface area contributed by atoms with Crippen molar-refractivity contribution >= 4 is 0 Å². The predicted octanol–water partition coefficient (Wildman–Crippen LogP) is 1.00. The maximum atomic E-state index is 5.12. The Kier molecular flexibility index (Phi) is 5.45. The van der Waals surface area contributed by atoms with E-state index in [0.29, 0.717) is 5.41 Å². The Hall–Kier alpha value is -0.120. The van der Waals surface area contributed by atoms with Crippen molar-refractivity contribution in [2.75, 3.05) is 40.4 Å². The molecule has 0 radical (unpaired) electrons. The van der Waals surface area contributed by atoms with Gasteiger partial charge in [0.1, 0.15) is 0 Å². The third-order valence-corrected chi connectivity index (χ3v) is 3.07. The zero-order chi connectivity index (χ0) is 10.3. The van der Waals surface area contributed by atoms with Crippen LogP contribution in [0.15, 0.2) is 0 Å². The van der Waals surface area contributed by atoms with Crippen molar-refractivity contribution in [2.45, 2.75) is 25.7 Å². The molecule has 0 aromatic carbocycles. The molecule has 3 nitrogen and oxygen atoms in total. The Morgan fingerprint density at radius 2 is 2.07 bits per heavy atom. The van der Waals surface area contributed by atoms with Crippen LogP contribution >= 0.6 is 0 Å². The molecule has 1 aliphatic rings. The molecular formula is C11H24N2O. The Morgan fingerprint density at radius 3 is 2.64 bits per heavy atom. The quantitative estimate of drug-likeness (QED) is 0.545. The van der Waals surface area contributed by atoms with Gasteiger partial charge in [-0.05, 0) is 51.2 Å². The smallest absolute Gasteiger partial charge is 0.0468 e. The molecule has 2 N–H and O–H groups in total. The summed E-state index contributed by atoms with van der Waals surface area (Å²) in [6.07, 6.45) is 5.21. The van der Waals surface area contributed by atoms with Crippen LogP contribution in [0.3, 0.4) is 0 Å². The van der Waals surface area contributed by atoms with Gasteiger partial charge in [-0.3, -0.25) is 0 Å². The molecule has 0 atom stereocenters. The molecule has 0 spiro atoms. The topological polar surface area (TPSA) is 33.3 Å². The summed E-state index contributed by atoms with van der Waals surface area (Å²) in [6.45, 7) is 4.34. The highest BCUT2D eigenvalue weighted by Gasteiger charge is 2.41. The van der Waals surface area contributed by atoms with Crippen molar-refractivity contribution in [3.8, 4) is 0 Å². The van der Waals surface area contributed by atoms with Gasteiger partial charge in [0.2, 0.25) is 0 Å². The lowest BCUT2D eigenvalue weighted by molar-refractivity contribution is 0.171. The van der Waals surface area contributed by atoms with Gasteiger partial charge in [-0.15, -0.1) is 0 Å². The van der Waals surface area contributed by atoms with E-state index in [1.54, 1.807) is 7.11 Å². The zero-order valence-electron chi connectivity index (χ0n) is 9.57. The van der Waals surface area contributed by atoms with Crippen LogP contribution < -0.4 is 10.6 Å². The van der Waals surface area contributed by atoms with Crippen molar-refractivity contribution < 1.29 is 4.74 Å². The first kappa shape index (κ1) is 12.0. The molecule has 0 unspecified atom stereocenters. The lowest BCUT2D eigenvalue weighted by atomic mass is 10.0. The molecule has 3 heteroatoms. The summed E-state index contributed by atoms with van der Waals surface area (Å²) in [5.74, 6) is 0. The van der Waals surface area contributed by atoms with E-state index in [4.69, 9.17) is 4.74 Å². The molecule has 0 aromatic heterocycles. The first-order chi connectivity index (χ1) is 6.83. The molecule has 84 valence electrons. The van der Waals surface area contributed by atoms with E-state index in [0.717, 1.165) is 19.7 Å². The van der Waals surface area contributed by atoms with E-state index in [2.05, 4.69) is 10.6 Å². The summed E-state index contributed by atoms with van der Waals surface area (Å²) in [5, 5.41) is 6.69. The van der Waals surface area contributed by atoms with E-state index in [9.17, 15) is 0 Å². The number of hydrogen-bond acceptors (Lipinski definition) is 3. The van der Waals surface area contributed by atoms with Crippen LogP contribution in [-0.4, -0.2) is 40.4 Å². The van der Waals surface area contributed by atoms with Gasteiger partial charge >= 0.3 is 0 Å². The maximum Gasteiger partial charge on any atom is 0.0468 e. The summed E-state index contributed by atoms with van der Waals surface area (Å²) in [4.78, 5) is 0. The fourth-order valence-electron chi connectivity index (χ4n) is 1.75. The number of rotatable bonds is 9. The molecule has 0 amide bonds. The molecule has 0 bridgehead atoms. The van der Waals surface area contributed by atoms with E-state index in [1.807, 2.05) is 7.05 Å². The van der Waals surface area contributed by atoms with Crippen molar-refractivity contribution in [1.29, 1.82) is 0 Å². The Bertz CT molecular complexity index is 146. The van der Waals surface area contributed by atoms with E-state index in [1.165, 1.54) is 32.2 Å². The van der Waals surface area contributed by atoms with E-state index in [-0.39, 0.29) is 0 Å². The Labute approximate surface area is 87.6 Å². The summed E-state index contributed by atoms with van der Waals surface area (Å²) in [5.41, 5.74) is 0.593. The van der Waals surface area contributed by atoms with Crippen molar-refractivity contribution in [3.05, 3.63) is 0 Å². The lowest BCUT2D eigenvalue weighted by Gasteiger charge is -2.15. The van der Waals surface area contributed by atoms with Gasteiger partial charge < -0.3 is 15.4 Å². The number of ether oxygens (including phenoxy) is 1. The van der Waals surface area contributed by atoms with Gasteiger partial charge in [0, 0.05) is 20.3 Å². The number of methoxy groups -OCH3 is 1. The SMILES string of the molecule is CNCCCNCC1(CCOC)CC1. The second kappa shape index (κ2) is 6.38. The molecule has 1 fully saturated rings.